The van der Waals surface area contributed by atoms with Gasteiger partial charge in [0, 0.05) is 25.0 Å². The monoisotopic (exact) mass is 247 g/mol. The molecule has 0 spiro atoms. The lowest BCUT2D eigenvalue weighted by atomic mass is 9.80. The van der Waals surface area contributed by atoms with E-state index in [0.717, 1.165) is 26.3 Å². The van der Waals surface area contributed by atoms with E-state index in [4.69, 9.17) is 4.74 Å². The summed E-state index contributed by atoms with van der Waals surface area (Å²) in [6.07, 6.45) is 7.26. The van der Waals surface area contributed by atoms with E-state index in [-0.39, 0.29) is 6.04 Å². The van der Waals surface area contributed by atoms with Crippen molar-refractivity contribution >= 4 is 0 Å². The molecule has 0 amide bonds. The second kappa shape index (κ2) is 5.29. The number of hydrogen-bond acceptors (Lipinski definition) is 4. The van der Waals surface area contributed by atoms with Gasteiger partial charge < -0.3 is 10.1 Å². The first kappa shape index (κ1) is 12.0. The third kappa shape index (κ3) is 2.13. The largest absolute Gasteiger partial charge is 0.388 e. The number of nitrogens with one attached hydrogen (secondary N) is 1. The van der Waals surface area contributed by atoms with Crippen LogP contribution in [0, 0.1) is 17.2 Å². The second-order valence-electron chi connectivity index (χ2n) is 5.49. The highest BCUT2D eigenvalue weighted by molar-refractivity contribution is 5.28. The minimum absolute atomic E-state index is 0.0468. The molecule has 2 unspecified atom stereocenters. The van der Waals surface area contributed by atoms with Crippen molar-refractivity contribution in [2.75, 3.05) is 26.3 Å². The zero-order valence-corrected chi connectivity index (χ0v) is 10.8. The lowest BCUT2D eigenvalue weighted by Crippen LogP contribution is -2.45. The van der Waals surface area contributed by atoms with Gasteiger partial charge in [-0.3, -0.25) is 4.90 Å². The van der Waals surface area contributed by atoms with Crippen LogP contribution in [0.3, 0.4) is 0 Å². The zero-order valence-electron chi connectivity index (χ0n) is 10.8. The van der Waals surface area contributed by atoms with Gasteiger partial charge in [-0.1, -0.05) is 12.8 Å². The van der Waals surface area contributed by atoms with Gasteiger partial charge in [0.05, 0.1) is 19.3 Å². The number of morpholine rings is 1. The molecule has 1 N–H and O–H groups in total. The number of nitrogens with zero attached hydrogens (tertiary/aromatic N) is 2. The number of ether oxygens (including phenoxy) is 1. The van der Waals surface area contributed by atoms with Gasteiger partial charge in [-0.15, -0.1) is 0 Å². The smallest absolute Gasteiger partial charge is 0.122 e. The maximum Gasteiger partial charge on any atom is 0.122 e. The van der Waals surface area contributed by atoms with Gasteiger partial charge in [0.1, 0.15) is 6.04 Å². The van der Waals surface area contributed by atoms with Gasteiger partial charge in [-0.2, -0.15) is 5.26 Å². The van der Waals surface area contributed by atoms with E-state index in [2.05, 4.69) is 22.5 Å². The van der Waals surface area contributed by atoms with Gasteiger partial charge in [-0.25, -0.2) is 0 Å². The summed E-state index contributed by atoms with van der Waals surface area (Å²) in [5, 5.41) is 13.0. The topological polar surface area (TPSA) is 48.3 Å². The molecule has 1 saturated heterocycles. The van der Waals surface area contributed by atoms with Crippen molar-refractivity contribution in [2.45, 2.75) is 37.8 Å². The Morgan fingerprint density at radius 1 is 1.33 bits per heavy atom. The Morgan fingerprint density at radius 3 is 2.89 bits per heavy atom. The fourth-order valence-corrected chi connectivity index (χ4v) is 3.52. The first-order chi connectivity index (χ1) is 8.90. The molecule has 0 aromatic carbocycles. The Bertz CT molecular complexity index is 368. The summed E-state index contributed by atoms with van der Waals surface area (Å²) in [6.45, 7) is 3.28. The van der Waals surface area contributed by atoms with Crippen LogP contribution in [0.5, 0.6) is 0 Å². The minimum atomic E-state index is -0.0468. The van der Waals surface area contributed by atoms with E-state index < -0.39 is 0 Å². The third-order valence-electron chi connectivity index (χ3n) is 4.51. The van der Waals surface area contributed by atoms with Crippen molar-refractivity contribution in [3.63, 3.8) is 0 Å². The average Bonchev–Trinajstić information content (AvgIpc) is 2.85. The van der Waals surface area contributed by atoms with Crippen molar-refractivity contribution in [3.8, 4) is 6.07 Å². The highest BCUT2D eigenvalue weighted by atomic mass is 16.5. The maximum absolute atomic E-state index is 9.53. The Kier molecular flexibility index (Phi) is 3.53. The van der Waals surface area contributed by atoms with E-state index in [9.17, 15) is 5.26 Å². The lowest BCUT2D eigenvalue weighted by molar-refractivity contribution is 0.0308. The van der Waals surface area contributed by atoms with Crippen LogP contribution in [0.2, 0.25) is 0 Å². The van der Waals surface area contributed by atoms with E-state index in [1.165, 1.54) is 31.3 Å². The molecule has 1 saturated carbocycles. The average molecular weight is 247 g/mol. The number of rotatable bonds is 2. The summed E-state index contributed by atoms with van der Waals surface area (Å²) in [4.78, 5) is 2.27. The predicted molar refractivity (Wildman–Crippen MR) is 68.8 cm³/mol. The Balaban J connectivity index is 1.73. The number of fused-ring (bicyclic) bond motifs is 1. The van der Waals surface area contributed by atoms with Gasteiger partial charge in [-0.05, 0) is 24.6 Å². The van der Waals surface area contributed by atoms with Crippen LogP contribution in [0.4, 0.5) is 0 Å². The molecule has 4 heteroatoms. The molecule has 98 valence electrons. The van der Waals surface area contributed by atoms with Gasteiger partial charge in [0.15, 0.2) is 0 Å². The maximum atomic E-state index is 9.53. The molecule has 2 heterocycles. The fraction of sp³-hybridized carbons (Fsp3) is 0.786. The van der Waals surface area contributed by atoms with E-state index in [0.29, 0.717) is 12.0 Å². The fourth-order valence-electron chi connectivity index (χ4n) is 3.52. The van der Waals surface area contributed by atoms with Crippen molar-refractivity contribution in [3.05, 3.63) is 11.8 Å². The highest BCUT2D eigenvalue weighted by Gasteiger charge is 2.37. The van der Waals surface area contributed by atoms with E-state index in [1.807, 2.05) is 0 Å². The standard InChI is InChI=1S/C14H21N3O/c15-9-14(17-5-7-18-8-6-17)12-10-16-13-4-2-1-3-11(12)13/h10-11,13-14,16H,1-8H2/t11?,13?,14-/m0/s1. The Morgan fingerprint density at radius 2 is 2.11 bits per heavy atom. The molecule has 4 nitrogen and oxygen atoms in total. The summed E-state index contributed by atoms with van der Waals surface area (Å²) in [7, 11) is 0. The molecule has 18 heavy (non-hydrogen) atoms. The summed E-state index contributed by atoms with van der Waals surface area (Å²) in [6, 6.07) is 3.05. The molecule has 2 fully saturated rings. The first-order valence-electron chi connectivity index (χ1n) is 7.07. The van der Waals surface area contributed by atoms with Crippen LogP contribution in [-0.4, -0.2) is 43.3 Å². The van der Waals surface area contributed by atoms with Crippen LogP contribution in [-0.2, 0) is 4.74 Å². The molecule has 3 rings (SSSR count). The van der Waals surface area contributed by atoms with Gasteiger partial charge in [0.25, 0.3) is 0 Å². The quantitative estimate of drug-likeness (QED) is 0.798. The summed E-state index contributed by atoms with van der Waals surface area (Å²) in [5.41, 5.74) is 1.32. The first-order valence-corrected chi connectivity index (χ1v) is 7.07. The molecular weight excluding hydrogens is 226 g/mol. The second-order valence-corrected chi connectivity index (χ2v) is 5.49. The normalized spacial score (nSPS) is 34.1. The highest BCUT2D eigenvalue weighted by Crippen LogP contribution is 2.36. The molecule has 0 aromatic rings. The Hall–Kier alpha value is -1.05. The zero-order chi connectivity index (χ0) is 12.4. The van der Waals surface area contributed by atoms with Crippen LogP contribution >= 0.6 is 0 Å². The van der Waals surface area contributed by atoms with Crippen LogP contribution in [0.15, 0.2) is 11.8 Å². The van der Waals surface area contributed by atoms with Crippen molar-refractivity contribution < 1.29 is 4.74 Å². The third-order valence-corrected chi connectivity index (χ3v) is 4.51. The summed E-state index contributed by atoms with van der Waals surface area (Å²) >= 11 is 0. The molecule has 0 aromatic heterocycles. The van der Waals surface area contributed by atoms with Crippen LogP contribution in [0.25, 0.3) is 0 Å². The Labute approximate surface area is 109 Å². The number of nitriles is 1. The minimum Gasteiger partial charge on any atom is -0.388 e. The molecule has 0 radical (unpaired) electrons. The summed E-state index contributed by atoms with van der Waals surface area (Å²) < 4.78 is 5.38. The van der Waals surface area contributed by atoms with Crippen molar-refractivity contribution in [2.24, 2.45) is 5.92 Å². The van der Waals surface area contributed by atoms with E-state index in [1.54, 1.807) is 0 Å². The molecule has 2 aliphatic heterocycles. The lowest BCUT2D eigenvalue weighted by Gasteiger charge is -2.35. The summed E-state index contributed by atoms with van der Waals surface area (Å²) in [5.74, 6) is 0.589. The van der Waals surface area contributed by atoms with Crippen LogP contribution < -0.4 is 5.32 Å². The van der Waals surface area contributed by atoms with Crippen molar-refractivity contribution in [1.82, 2.24) is 10.2 Å². The van der Waals surface area contributed by atoms with Crippen molar-refractivity contribution in [1.29, 1.82) is 5.26 Å². The van der Waals surface area contributed by atoms with Gasteiger partial charge in [0.2, 0.25) is 0 Å². The molecule has 3 atom stereocenters. The van der Waals surface area contributed by atoms with Gasteiger partial charge >= 0.3 is 0 Å². The molecule has 1 aliphatic carbocycles. The molecule has 3 aliphatic rings. The predicted octanol–water partition coefficient (Wildman–Crippen LogP) is 1.26. The van der Waals surface area contributed by atoms with Crippen LogP contribution in [0.1, 0.15) is 25.7 Å². The molecule has 0 bridgehead atoms. The molecular formula is C14H21N3O. The SMILES string of the molecule is N#C[C@@H](C1=CNC2CCCCC12)N1CCOCC1. The number of hydrogen-bond donors (Lipinski definition) is 1. The van der Waals surface area contributed by atoms with E-state index >= 15 is 0 Å².